The summed E-state index contributed by atoms with van der Waals surface area (Å²) in [6, 6.07) is 11.9. The maximum Gasteiger partial charge on any atom is 0.271 e. The first-order valence-corrected chi connectivity index (χ1v) is 8.47. The van der Waals surface area contributed by atoms with E-state index in [0.717, 1.165) is 22.6 Å². The molecule has 26 heavy (non-hydrogen) atoms. The van der Waals surface area contributed by atoms with Crippen molar-refractivity contribution in [2.24, 2.45) is 5.10 Å². The second kappa shape index (κ2) is 7.35. The summed E-state index contributed by atoms with van der Waals surface area (Å²) in [5, 5.41) is 4.10. The SMILES string of the molecule is Cc1cc(C)cc(-n2c(C)cc(C=NNC(=O)c3ccncc3)c2C)c1. The molecule has 132 valence electrons. The molecule has 0 atom stereocenters. The minimum atomic E-state index is -0.258. The Kier molecular flexibility index (Phi) is 4.98. The summed E-state index contributed by atoms with van der Waals surface area (Å²) in [5.41, 5.74) is 9.84. The standard InChI is InChI=1S/C21H22N4O/c1-14-9-15(2)11-20(10-14)25-16(3)12-19(17(25)4)13-23-24-21(26)18-5-7-22-8-6-18/h5-13H,1-4H3,(H,24,26). The number of aryl methyl sites for hydroxylation is 3. The highest BCUT2D eigenvalue weighted by Crippen LogP contribution is 2.21. The lowest BCUT2D eigenvalue weighted by molar-refractivity contribution is 0.0955. The Morgan fingerprint density at radius 3 is 2.35 bits per heavy atom. The summed E-state index contributed by atoms with van der Waals surface area (Å²) in [6.07, 6.45) is 4.84. The average molecular weight is 346 g/mol. The van der Waals surface area contributed by atoms with Gasteiger partial charge in [-0.05, 0) is 69.2 Å². The van der Waals surface area contributed by atoms with Gasteiger partial charge in [-0.3, -0.25) is 9.78 Å². The van der Waals surface area contributed by atoms with Crippen molar-refractivity contribution in [1.29, 1.82) is 0 Å². The fourth-order valence-electron chi connectivity index (χ4n) is 3.12. The van der Waals surface area contributed by atoms with Crippen molar-refractivity contribution in [2.75, 3.05) is 0 Å². The highest BCUT2D eigenvalue weighted by molar-refractivity contribution is 5.94. The second-order valence-electron chi connectivity index (χ2n) is 6.44. The number of carbonyl (C=O) groups is 1. The summed E-state index contributed by atoms with van der Waals surface area (Å²) >= 11 is 0. The summed E-state index contributed by atoms with van der Waals surface area (Å²) in [7, 11) is 0. The van der Waals surface area contributed by atoms with Crippen LogP contribution >= 0.6 is 0 Å². The normalized spacial score (nSPS) is 11.1. The predicted molar refractivity (Wildman–Crippen MR) is 104 cm³/mol. The number of nitrogens with one attached hydrogen (secondary N) is 1. The third kappa shape index (κ3) is 3.72. The van der Waals surface area contributed by atoms with Crippen molar-refractivity contribution in [2.45, 2.75) is 27.7 Å². The highest BCUT2D eigenvalue weighted by atomic mass is 16.2. The van der Waals surface area contributed by atoms with E-state index in [1.165, 1.54) is 11.1 Å². The van der Waals surface area contributed by atoms with Gasteiger partial charge in [-0.2, -0.15) is 5.10 Å². The molecule has 3 rings (SSSR count). The van der Waals surface area contributed by atoms with Crippen molar-refractivity contribution < 1.29 is 4.79 Å². The van der Waals surface area contributed by atoms with Crippen LogP contribution in [-0.4, -0.2) is 21.7 Å². The number of carbonyl (C=O) groups excluding carboxylic acids is 1. The van der Waals surface area contributed by atoms with Gasteiger partial charge in [0.2, 0.25) is 0 Å². The van der Waals surface area contributed by atoms with Crippen LogP contribution in [0, 0.1) is 27.7 Å². The molecule has 0 radical (unpaired) electrons. The smallest absolute Gasteiger partial charge is 0.271 e. The first-order valence-electron chi connectivity index (χ1n) is 8.47. The van der Waals surface area contributed by atoms with Gasteiger partial charge in [0.1, 0.15) is 0 Å². The van der Waals surface area contributed by atoms with Gasteiger partial charge < -0.3 is 4.57 Å². The number of rotatable bonds is 4. The molecule has 0 aliphatic rings. The second-order valence-corrected chi connectivity index (χ2v) is 6.44. The van der Waals surface area contributed by atoms with Crippen LogP contribution in [0.4, 0.5) is 0 Å². The molecule has 0 saturated heterocycles. The van der Waals surface area contributed by atoms with Crippen LogP contribution in [0.5, 0.6) is 0 Å². The molecule has 0 aliphatic heterocycles. The Morgan fingerprint density at radius 1 is 1.04 bits per heavy atom. The van der Waals surface area contributed by atoms with Crippen LogP contribution in [-0.2, 0) is 0 Å². The van der Waals surface area contributed by atoms with Crippen molar-refractivity contribution in [3.8, 4) is 5.69 Å². The predicted octanol–water partition coefficient (Wildman–Crippen LogP) is 3.87. The summed E-state index contributed by atoms with van der Waals surface area (Å²) < 4.78 is 2.20. The molecule has 2 heterocycles. The number of pyridine rings is 1. The maximum absolute atomic E-state index is 12.0. The van der Waals surface area contributed by atoms with Crippen LogP contribution in [0.25, 0.3) is 5.69 Å². The molecule has 0 spiro atoms. The lowest BCUT2D eigenvalue weighted by Gasteiger charge is -2.11. The van der Waals surface area contributed by atoms with Crippen LogP contribution in [0.1, 0.15) is 38.4 Å². The van der Waals surface area contributed by atoms with Crippen molar-refractivity contribution in [3.63, 3.8) is 0 Å². The molecule has 0 saturated carbocycles. The Bertz CT molecular complexity index is 951. The molecule has 0 fully saturated rings. The van der Waals surface area contributed by atoms with Crippen molar-refractivity contribution in [1.82, 2.24) is 15.0 Å². The van der Waals surface area contributed by atoms with E-state index in [0.29, 0.717) is 5.56 Å². The Balaban J connectivity index is 1.83. The lowest BCUT2D eigenvalue weighted by atomic mass is 10.1. The molecular formula is C21H22N4O. The quantitative estimate of drug-likeness (QED) is 0.576. The monoisotopic (exact) mass is 346 g/mol. The van der Waals surface area contributed by atoms with Crippen LogP contribution < -0.4 is 5.43 Å². The number of nitrogens with zero attached hydrogens (tertiary/aromatic N) is 3. The number of hydrazone groups is 1. The van der Waals surface area contributed by atoms with Crippen molar-refractivity contribution in [3.05, 3.63) is 82.4 Å². The van der Waals surface area contributed by atoms with E-state index in [2.05, 4.69) is 72.0 Å². The van der Waals surface area contributed by atoms with Crippen LogP contribution in [0.15, 0.2) is 53.9 Å². The lowest BCUT2D eigenvalue weighted by Crippen LogP contribution is -2.17. The zero-order chi connectivity index (χ0) is 18.7. The first kappa shape index (κ1) is 17.6. The van der Waals surface area contributed by atoms with E-state index in [4.69, 9.17) is 0 Å². The Morgan fingerprint density at radius 2 is 1.69 bits per heavy atom. The minimum Gasteiger partial charge on any atom is -0.318 e. The molecule has 0 bridgehead atoms. The molecule has 2 aromatic heterocycles. The van der Waals surface area contributed by atoms with Gasteiger partial charge >= 0.3 is 0 Å². The van der Waals surface area contributed by atoms with E-state index in [1.54, 1.807) is 30.7 Å². The molecule has 5 nitrogen and oxygen atoms in total. The van der Waals surface area contributed by atoms with Gasteiger partial charge in [0.05, 0.1) is 6.21 Å². The zero-order valence-electron chi connectivity index (χ0n) is 15.4. The fraction of sp³-hybridized carbons (Fsp3) is 0.190. The van der Waals surface area contributed by atoms with E-state index in [-0.39, 0.29) is 5.91 Å². The van der Waals surface area contributed by atoms with E-state index < -0.39 is 0 Å². The van der Waals surface area contributed by atoms with Crippen LogP contribution in [0.2, 0.25) is 0 Å². The topological polar surface area (TPSA) is 59.3 Å². The number of hydrogen-bond donors (Lipinski definition) is 1. The Labute approximate surface area is 153 Å². The minimum absolute atomic E-state index is 0.258. The highest BCUT2D eigenvalue weighted by Gasteiger charge is 2.10. The van der Waals surface area contributed by atoms with Gasteiger partial charge in [-0.25, -0.2) is 5.43 Å². The molecular weight excluding hydrogens is 324 g/mol. The zero-order valence-corrected chi connectivity index (χ0v) is 15.4. The summed E-state index contributed by atoms with van der Waals surface area (Å²) in [4.78, 5) is 15.9. The number of aromatic nitrogens is 2. The largest absolute Gasteiger partial charge is 0.318 e. The van der Waals surface area contributed by atoms with Gasteiger partial charge in [0, 0.05) is 40.6 Å². The molecule has 0 aliphatic carbocycles. The van der Waals surface area contributed by atoms with Gasteiger partial charge in [-0.15, -0.1) is 0 Å². The molecule has 3 aromatic rings. The van der Waals surface area contributed by atoms with Crippen LogP contribution in [0.3, 0.4) is 0 Å². The third-order valence-corrected chi connectivity index (χ3v) is 4.25. The number of hydrogen-bond acceptors (Lipinski definition) is 3. The summed E-state index contributed by atoms with van der Waals surface area (Å²) in [6.45, 7) is 8.32. The molecule has 5 heteroatoms. The molecule has 0 unspecified atom stereocenters. The van der Waals surface area contributed by atoms with Gasteiger partial charge in [-0.1, -0.05) is 6.07 Å². The first-order chi connectivity index (χ1) is 12.5. The third-order valence-electron chi connectivity index (χ3n) is 4.25. The maximum atomic E-state index is 12.0. The number of amides is 1. The fourth-order valence-corrected chi connectivity index (χ4v) is 3.12. The number of benzene rings is 1. The van der Waals surface area contributed by atoms with Gasteiger partial charge in [0.25, 0.3) is 5.91 Å². The van der Waals surface area contributed by atoms with E-state index in [1.807, 2.05) is 0 Å². The molecule has 1 N–H and O–H groups in total. The Hall–Kier alpha value is -3.21. The van der Waals surface area contributed by atoms with Crippen molar-refractivity contribution >= 4 is 12.1 Å². The molecule has 1 aromatic carbocycles. The van der Waals surface area contributed by atoms with Gasteiger partial charge in [0.15, 0.2) is 0 Å². The summed E-state index contributed by atoms with van der Waals surface area (Å²) in [5.74, 6) is -0.258. The average Bonchev–Trinajstić information content (AvgIpc) is 2.88. The van der Waals surface area contributed by atoms with E-state index >= 15 is 0 Å². The van der Waals surface area contributed by atoms with E-state index in [9.17, 15) is 4.79 Å². The molecule has 1 amide bonds.